The third-order valence-electron chi connectivity index (χ3n) is 5.05. The van der Waals surface area contributed by atoms with Crippen LogP contribution in [0.4, 0.5) is 5.69 Å². The van der Waals surface area contributed by atoms with Gasteiger partial charge < -0.3 is 4.90 Å². The topological polar surface area (TPSA) is 20.3 Å². The molecule has 1 aliphatic carbocycles. The molecular formula is C18H25NO. The summed E-state index contributed by atoms with van der Waals surface area (Å²) in [6, 6.07) is 9.07. The van der Waals surface area contributed by atoms with Crippen molar-refractivity contribution in [2.75, 3.05) is 11.4 Å². The molecule has 0 aromatic heterocycles. The predicted molar refractivity (Wildman–Crippen MR) is 83.2 cm³/mol. The Morgan fingerprint density at radius 3 is 2.70 bits per heavy atom. The lowest BCUT2D eigenvalue weighted by molar-refractivity contribution is -0.122. The summed E-state index contributed by atoms with van der Waals surface area (Å²) in [4.78, 5) is 14.9. The highest BCUT2D eigenvalue weighted by Gasteiger charge is 2.28. The van der Waals surface area contributed by atoms with Crippen LogP contribution in [0.25, 0.3) is 0 Å². The molecule has 1 aromatic rings. The molecule has 1 fully saturated rings. The summed E-state index contributed by atoms with van der Waals surface area (Å²) < 4.78 is 0. The zero-order chi connectivity index (χ0) is 13.9. The average molecular weight is 271 g/mol. The van der Waals surface area contributed by atoms with Crippen molar-refractivity contribution in [3.8, 4) is 0 Å². The Hall–Kier alpha value is -1.31. The molecule has 1 unspecified atom stereocenters. The maximum Gasteiger partial charge on any atom is 0.155 e. The highest BCUT2D eigenvalue weighted by molar-refractivity contribution is 5.86. The van der Waals surface area contributed by atoms with Crippen molar-refractivity contribution in [1.29, 1.82) is 0 Å². The minimum absolute atomic E-state index is 0.324. The summed E-state index contributed by atoms with van der Waals surface area (Å²) in [7, 11) is 0. The highest BCUT2D eigenvalue weighted by atomic mass is 16.1. The lowest BCUT2D eigenvalue weighted by atomic mass is 9.85. The number of fused-ring (bicyclic) bond motifs is 1. The summed E-state index contributed by atoms with van der Waals surface area (Å²) in [5.74, 6) is 0.790. The Morgan fingerprint density at radius 2 is 1.90 bits per heavy atom. The number of hydrogen-bond donors (Lipinski definition) is 0. The first-order valence-corrected chi connectivity index (χ1v) is 8.13. The molecule has 3 rings (SSSR count). The fraction of sp³-hybridized carbons (Fsp3) is 0.611. The SMILES string of the molecule is CC1CCc2ccccc2N1CC(=O)C1CCCCC1. The summed E-state index contributed by atoms with van der Waals surface area (Å²) in [5.41, 5.74) is 2.69. The van der Waals surface area contributed by atoms with Gasteiger partial charge in [0, 0.05) is 17.6 Å². The van der Waals surface area contributed by atoms with E-state index in [4.69, 9.17) is 0 Å². The number of anilines is 1. The van der Waals surface area contributed by atoms with E-state index in [-0.39, 0.29) is 0 Å². The van der Waals surface area contributed by atoms with Crippen LogP contribution in [0.3, 0.4) is 0 Å². The van der Waals surface area contributed by atoms with Crippen molar-refractivity contribution in [1.82, 2.24) is 0 Å². The van der Waals surface area contributed by atoms with Gasteiger partial charge in [0.15, 0.2) is 5.78 Å². The van der Waals surface area contributed by atoms with Crippen molar-refractivity contribution in [3.63, 3.8) is 0 Å². The minimum atomic E-state index is 0.324. The van der Waals surface area contributed by atoms with Gasteiger partial charge >= 0.3 is 0 Å². The Balaban J connectivity index is 1.74. The van der Waals surface area contributed by atoms with Gasteiger partial charge in [0.2, 0.25) is 0 Å². The van der Waals surface area contributed by atoms with Gasteiger partial charge in [0.05, 0.1) is 6.54 Å². The minimum Gasteiger partial charge on any atom is -0.361 e. The van der Waals surface area contributed by atoms with Gasteiger partial charge in [-0.2, -0.15) is 0 Å². The normalized spacial score (nSPS) is 23.4. The van der Waals surface area contributed by atoms with E-state index in [0.717, 1.165) is 25.7 Å². The number of carbonyl (C=O) groups is 1. The molecule has 0 amide bonds. The number of rotatable bonds is 3. The third-order valence-corrected chi connectivity index (χ3v) is 5.05. The van der Waals surface area contributed by atoms with Gasteiger partial charge in [-0.05, 0) is 44.2 Å². The van der Waals surface area contributed by atoms with E-state index in [2.05, 4.69) is 36.1 Å². The molecular weight excluding hydrogens is 246 g/mol. The van der Waals surface area contributed by atoms with Crippen molar-refractivity contribution in [2.24, 2.45) is 5.92 Å². The molecule has 108 valence electrons. The van der Waals surface area contributed by atoms with Crippen LogP contribution < -0.4 is 4.90 Å². The monoisotopic (exact) mass is 271 g/mol. The molecule has 2 aliphatic rings. The molecule has 0 spiro atoms. The summed E-state index contributed by atoms with van der Waals surface area (Å²) in [6.45, 7) is 2.87. The third kappa shape index (κ3) is 2.74. The summed E-state index contributed by atoms with van der Waals surface area (Å²) in [6.07, 6.45) is 8.32. The number of benzene rings is 1. The molecule has 2 heteroatoms. The van der Waals surface area contributed by atoms with Crippen molar-refractivity contribution in [2.45, 2.75) is 57.9 Å². The zero-order valence-corrected chi connectivity index (χ0v) is 12.5. The van der Waals surface area contributed by atoms with E-state index >= 15 is 0 Å². The zero-order valence-electron chi connectivity index (χ0n) is 12.5. The maximum atomic E-state index is 12.6. The largest absolute Gasteiger partial charge is 0.361 e. The van der Waals surface area contributed by atoms with Crippen LogP contribution in [0.2, 0.25) is 0 Å². The van der Waals surface area contributed by atoms with Gasteiger partial charge in [-0.25, -0.2) is 0 Å². The van der Waals surface area contributed by atoms with Crippen LogP contribution in [0.5, 0.6) is 0 Å². The predicted octanol–water partition coefficient (Wildman–Crippen LogP) is 3.98. The van der Waals surface area contributed by atoms with E-state index in [1.165, 1.54) is 30.5 Å². The number of aryl methyl sites for hydroxylation is 1. The van der Waals surface area contributed by atoms with Crippen molar-refractivity contribution >= 4 is 11.5 Å². The molecule has 2 nitrogen and oxygen atoms in total. The first-order chi connectivity index (χ1) is 9.75. The van der Waals surface area contributed by atoms with Crippen molar-refractivity contribution in [3.05, 3.63) is 29.8 Å². The van der Waals surface area contributed by atoms with E-state index in [9.17, 15) is 4.79 Å². The van der Waals surface area contributed by atoms with Gasteiger partial charge in [-0.1, -0.05) is 37.5 Å². The molecule has 1 heterocycles. The average Bonchev–Trinajstić information content (AvgIpc) is 2.51. The summed E-state index contributed by atoms with van der Waals surface area (Å²) >= 11 is 0. The van der Waals surface area contributed by atoms with Crippen LogP contribution in [0.1, 0.15) is 51.0 Å². The van der Waals surface area contributed by atoms with Crippen LogP contribution >= 0.6 is 0 Å². The van der Waals surface area contributed by atoms with E-state index in [0.29, 0.717) is 24.3 Å². The fourth-order valence-corrected chi connectivity index (χ4v) is 3.72. The molecule has 1 atom stereocenters. The van der Waals surface area contributed by atoms with Crippen molar-refractivity contribution < 1.29 is 4.79 Å². The molecule has 0 saturated heterocycles. The lowest BCUT2D eigenvalue weighted by Crippen LogP contribution is -2.42. The Labute approximate surface area is 122 Å². The fourth-order valence-electron chi connectivity index (χ4n) is 3.72. The summed E-state index contributed by atoms with van der Waals surface area (Å²) in [5, 5.41) is 0. The van der Waals surface area contributed by atoms with Crippen LogP contribution in [-0.2, 0) is 11.2 Å². The quantitative estimate of drug-likeness (QED) is 0.829. The van der Waals surface area contributed by atoms with E-state index in [1.807, 2.05) is 0 Å². The molecule has 1 aliphatic heterocycles. The first-order valence-electron chi connectivity index (χ1n) is 8.13. The molecule has 0 radical (unpaired) electrons. The number of Topliss-reactive ketones (excluding diaryl/α,β-unsaturated/α-hetero) is 1. The van der Waals surface area contributed by atoms with Gasteiger partial charge in [-0.15, -0.1) is 0 Å². The van der Waals surface area contributed by atoms with E-state index in [1.54, 1.807) is 0 Å². The first kappa shape index (κ1) is 13.7. The second-order valence-electron chi connectivity index (χ2n) is 6.45. The van der Waals surface area contributed by atoms with Crippen LogP contribution in [0.15, 0.2) is 24.3 Å². The van der Waals surface area contributed by atoms with Gasteiger partial charge in [0.1, 0.15) is 0 Å². The van der Waals surface area contributed by atoms with Crippen LogP contribution in [-0.4, -0.2) is 18.4 Å². The smallest absolute Gasteiger partial charge is 0.155 e. The second kappa shape index (κ2) is 5.99. The number of carbonyl (C=O) groups excluding carboxylic acids is 1. The maximum absolute atomic E-state index is 12.6. The molecule has 0 N–H and O–H groups in total. The highest BCUT2D eigenvalue weighted by Crippen LogP contribution is 2.31. The number of nitrogens with zero attached hydrogens (tertiary/aromatic N) is 1. The number of hydrogen-bond acceptors (Lipinski definition) is 2. The number of ketones is 1. The van der Waals surface area contributed by atoms with E-state index < -0.39 is 0 Å². The molecule has 1 saturated carbocycles. The van der Waals surface area contributed by atoms with Crippen LogP contribution in [0, 0.1) is 5.92 Å². The van der Waals surface area contributed by atoms with Gasteiger partial charge in [0.25, 0.3) is 0 Å². The molecule has 0 bridgehead atoms. The second-order valence-corrected chi connectivity index (χ2v) is 6.45. The lowest BCUT2D eigenvalue weighted by Gasteiger charge is -2.37. The Bertz CT molecular complexity index is 476. The Kier molecular flexibility index (Phi) is 4.09. The molecule has 1 aromatic carbocycles. The van der Waals surface area contributed by atoms with Gasteiger partial charge in [-0.3, -0.25) is 4.79 Å². The Morgan fingerprint density at radius 1 is 1.15 bits per heavy atom. The standard InChI is InChI=1S/C18H25NO/c1-14-11-12-15-7-5-6-10-17(15)19(14)13-18(20)16-8-3-2-4-9-16/h5-7,10,14,16H,2-4,8-9,11-13H2,1H3. The molecule has 20 heavy (non-hydrogen) atoms. The number of para-hydroxylation sites is 1.